The van der Waals surface area contributed by atoms with Crippen LogP contribution in [0.1, 0.15) is 42.6 Å². The van der Waals surface area contributed by atoms with Crippen LogP contribution >= 0.6 is 0 Å². The van der Waals surface area contributed by atoms with Crippen molar-refractivity contribution in [3.63, 3.8) is 0 Å². The summed E-state index contributed by atoms with van der Waals surface area (Å²) in [5.41, 5.74) is 1.35. The van der Waals surface area contributed by atoms with Gasteiger partial charge in [-0.3, -0.25) is 9.59 Å². The van der Waals surface area contributed by atoms with Crippen LogP contribution in [0.15, 0.2) is 52.2 Å². The third-order valence-corrected chi connectivity index (χ3v) is 7.76. The van der Waals surface area contributed by atoms with Crippen LogP contribution in [0.4, 0.5) is 0 Å². The lowest BCUT2D eigenvalue weighted by atomic mass is 9.95. The highest BCUT2D eigenvalue weighted by atomic mass is 32.2. The minimum atomic E-state index is -3.52. The molecule has 2 aromatic rings. The molecule has 2 heterocycles. The minimum absolute atomic E-state index is 0.0494. The molecule has 3 rings (SSSR count). The van der Waals surface area contributed by atoms with Crippen LogP contribution in [-0.2, 0) is 21.4 Å². The van der Waals surface area contributed by atoms with Gasteiger partial charge in [-0.2, -0.15) is 4.31 Å². The van der Waals surface area contributed by atoms with Crippen LogP contribution in [0.3, 0.4) is 0 Å². The van der Waals surface area contributed by atoms with Gasteiger partial charge in [-0.25, -0.2) is 8.42 Å². The zero-order valence-corrected chi connectivity index (χ0v) is 18.9. The largest absolute Gasteiger partial charge is 0.472 e. The molecule has 0 aliphatic carbocycles. The number of furan rings is 1. The van der Waals surface area contributed by atoms with Crippen molar-refractivity contribution in [1.82, 2.24) is 14.5 Å². The van der Waals surface area contributed by atoms with Crippen molar-refractivity contribution in [2.75, 3.05) is 20.1 Å². The van der Waals surface area contributed by atoms with Gasteiger partial charge in [0.1, 0.15) is 6.26 Å². The number of likely N-dealkylation sites (tertiary alicyclic amines) is 1. The second kappa shape index (κ2) is 9.65. The predicted molar refractivity (Wildman–Crippen MR) is 116 cm³/mol. The summed E-state index contributed by atoms with van der Waals surface area (Å²) in [5, 5.41) is 2.92. The number of rotatable bonds is 7. The van der Waals surface area contributed by atoms with E-state index in [1.54, 1.807) is 42.3 Å². The maximum absolute atomic E-state index is 12.5. The summed E-state index contributed by atoms with van der Waals surface area (Å²) in [5.74, 6) is -0.273. The van der Waals surface area contributed by atoms with Crippen molar-refractivity contribution in [1.29, 1.82) is 0 Å². The zero-order chi connectivity index (χ0) is 22.6. The van der Waals surface area contributed by atoms with Crippen molar-refractivity contribution < 1.29 is 22.4 Å². The molecular weight excluding hydrogens is 418 g/mol. The first kappa shape index (κ1) is 23.0. The van der Waals surface area contributed by atoms with Crippen LogP contribution in [0.5, 0.6) is 0 Å². The maximum atomic E-state index is 12.5. The number of sulfonamides is 1. The lowest BCUT2D eigenvalue weighted by Crippen LogP contribution is -2.42. The molecular formula is C22H29N3O5S. The fourth-order valence-corrected chi connectivity index (χ4v) is 4.84. The Morgan fingerprint density at radius 2 is 1.81 bits per heavy atom. The molecule has 31 heavy (non-hydrogen) atoms. The van der Waals surface area contributed by atoms with Crippen LogP contribution < -0.4 is 5.32 Å². The van der Waals surface area contributed by atoms with Crippen LogP contribution in [0, 0.1) is 5.92 Å². The van der Waals surface area contributed by atoms with Crippen molar-refractivity contribution in [3.05, 3.63) is 54.0 Å². The first-order valence-electron chi connectivity index (χ1n) is 10.4. The molecule has 1 aliphatic heterocycles. The average Bonchev–Trinajstić information content (AvgIpc) is 3.31. The van der Waals surface area contributed by atoms with E-state index in [0.717, 1.165) is 5.56 Å². The van der Waals surface area contributed by atoms with E-state index >= 15 is 0 Å². The number of hydrogen-bond acceptors (Lipinski definition) is 5. The lowest BCUT2D eigenvalue weighted by molar-refractivity contribution is -0.126. The van der Waals surface area contributed by atoms with Crippen molar-refractivity contribution >= 4 is 21.8 Å². The first-order valence-corrected chi connectivity index (χ1v) is 11.8. The minimum Gasteiger partial charge on any atom is -0.472 e. The number of nitrogens with one attached hydrogen (secondary N) is 1. The summed E-state index contributed by atoms with van der Waals surface area (Å²) in [6.45, 7) is 5.02. The summed E-state index contributed by atoms with van der Waals surface area (Å²) in [4.78, 5) is 26.8. The molecule has 8 nitrogen and oxygen atoms in total. The molecule has 1 aromatic heterocycles. The Labute approximate surface area is 183 Å². The van der Waals surface area contributed by atoms with Gasteiger partial charge in [-0.15, -0.1) is 0 Å². The van der Waals surface area contributed by atoms with Crippen LogP contribution in [-0.4, -0.2) is 55.6 Å². The van der Waals surface area contributed by atoms with E-state index in [4.69, 9.17) is 4.42 Å². The summed E-state index contributed by atoms with van der Waals surface area (Å²) < 4.78 is 31.3. The summed E-state index contributed by atoms with van der Waals surface area (Å²) in [7, 11) is -1.97. The molecule has 0 saturated carbocycles. The SMILES string of the molecule is CC(C)N(C)S(=O)(=O)c1ccc(CNC(=O)C2CCN(C(=O)c3ccoc3)CC2)cc1. The molecule has 1 aromatic carbocycles. The molecule has 0 spiro atoms. The topological polar surface area (TPSA) is 99.9 Å². The zero-order valence-electron chi connectivity index (χ0n) is 18.1. The highest BCUT2D eigenvalue weighted by Crippen LogP contribution is 2.20. The van der Waals surface area contributed by atoms with Gasteiger partial charge in [0.15, 0.2) is 0 Å². The van der Waals surface area contributed by atoms with Crippen molar-refractivity contribution in [3.8, 4) is 0 Å². The number of nitrogens with zero attached hydrogens (tertiary/aromatic N) is 2. The Bertz CT molecular complexity index is 992. The van der Waals surface area contributed by atoms with Gasteiger partial charge in [0.05, 0.1) is 16.7 Å². The number of amides is 2. The van der Waals surface area contributed by atoms with Gasteiger partial charge < -0.3 is 14.6 Å². The average molecular weight is 448 g/mol. The Hall–Kier alpha value is -2.65. The number of piperidine rings is 1. The summed E-state index contributed by atoms with van der Waals surface area (Å²) in [6.07, 6.45) is 4.11. The molecule has 0 radical (unpaired) electrons. The van der Waals surface area contributed by atoms with E-state index in [2.05, 4.69) is 5.32 Å². The molecule has 1 N–H and O–H groups in total. The van der Waals surface area contributed by atoms with Gasteiger partial charge >= 0.3 is 0 Å². The second-order valence-corrected chi connectivity index (χ2v) is 10.1. The molecule has 1 saturated heterocycles. The molecule has 1 fully saturated rings. The maximum Gasteiger partial charge on any atom is 0.257 e. The number of carbonyl (C=O) groups excluding carboxylic acids is 2. The number of carbonyl (C=O) groups is 2. The van der Waals surface area contributed by atoms with E-state index in [-0.39, 0.29) is 28.7 Å². The fourth-order valence-electron chi connectivity index (χ4n) is 3.47. The molecule has 1 aliphatic rings. The molecule has 2 amide bonds. The van der Waals surface area contributed by atoms with Gasteiger partial charge in [0.25, 0.3) is 5.91 Å². The molecule has 0 unspecified atom stereocenters. The number of hydrogen-bond donors (Lipinski definition) is 1. The Balaban J connectivity index is 1.49. The van der Waals surface area contributed by atoms with E-state index < -0.39 is 10.0 Å². The second-order valence-electron chi connectivity index (χ2n) is 8.06. The summed E-state index contributed by atoms with van der Waals surface area (Å²) >= 11 is 0. The Morgan fingerprint density at radius 1 is 1.16 bits per heavy atom. The van der Waals surface area contributed by atoms with Crippen LogP contribution in [0.25, 0.3) is 0 Å². The van der Waals surface area contributed by atoms with Gasteiger partial charge in [-0.1, -0.05) is 12.1 Å². The lowest BCUT2D eigenvalue weighted by Gasteiger charge is -2.31. The molecule has 168 valence electrons. The number of benzene rings is 1. The van der Waals surface area contributed by atoms with Crippen molar-refractivity contribution in [2.24, 2.45) is 5.92 Å². The van der Waals surface area contributed by atoms with Gasteiger partial charge in [-0.05, 0) is 50.5 Å². The van der Waals surface area contributed by atoms with E-state index in [9.17, 15) is 18.0 Å². The summed E-state index contributed by atoms with van der Waals surface area (Å²) in [6, 6.07) is 8.07. The molecule has 0 atom stereocenters. The van der Waals surface area contributed by atoms with Crippen LogP contribution in [0.2, 0.25) is 0 Å². The first-order chi connectivity index (χ1) is 14.7. The van der Waals surface area contributed by atoms with E-state index in [1.807, 2.05) is 13.8 Å². The quantitative estimate of drug-likeness (QED) is 0.703. The smallest absolute Gasteiger partial charge is 0.257 e. The third kappa shape index (κ3) is 5.34. The molecule has 0 bridgehead atoms. The Kier molecular flexibility index (Phi) is 7.17. The van der Waals surface area contributed by atoms with Crippen molar-refractivity contribution in [2.45, 2.75) is 44.2 Å². The fraction of sp³-hybridized carbons (Fsp3) is 0.455. The van der Waals surface area contributed by atoms with E-state index in [1.165, 1.54) is 16.8 Å². The normalized spacial score (nSPS) is 15.5. The highest BCUT2D eigenvalue weighted by Gasteiger charge is 2.28. The van der Waals surface area contributed by atoms with E-state index in [0.29, 0.717) is 38.0 Å². The predicted octanol–water partition coefficient (Wildman–Crippen LogP) is 2.48. The molecule has 9 heteroatoms. The monoisotopic (exact) mass is 447 g/mol. The third-order valence-electron chi connectivity index (χ3n) is 5.72. The Morgan fingerprint density at radius 3 is 2.35 bits per heavy atom. The standard InChI is InChI=1S/C22H29N3O5S/c1-16(2)24(3)31(28,29)20-6-4-17(5-7-20)14-23-21(26)18-8-11-25(12-9-18)22(27)19-10-13-30-15-19/h4-7,10,13,15-16,18H,8-9,11-12,14H2,1-3H3,(H,23,26). The van der Waals surface area contributed by atoms with Gasteiger partial charge in [0.2, 0.25) is 15.9 Å². The highest BCUT2D eigenvalue weighted by molar-refractivity contribution is 7.89. The van der Waals surface area contributed by atoms with Gasteiger partial charge in [0, 0.05) is 38.6 Å².